The highest BCUT2D eigenvalue weighted by molar-refractivity contribution is 5.87. The van der Waals surface area contributed by atoms with Crippen molar-refractivity contribution >= 4 is 17.9 Å². The van der Waals surface area contributed by atoms with Crippen molar-refractivity contribution in [2.45, 2.75) is 79.5 Å². The van der Waals surface area contributed by atoms with Gasteiger partial charge in [-0.25, -0.2) is 42.5 Å². The van der Waals surface area contributed by atoms with E-state index in [1.54, 1.807) is 20.8 Å². The summed E-state index contributed by atoms with van der Waals surface area (Å²) in [5.41, 5.74) is -3.53. The molecule has 0 fully saturated rings. The first-order chi connectivity index (χ1) is 16.7. The first kappa shape index (κ1) is 30.1. The van der Waals surface area contributed by atoms with Gasteiger partial charge in [-0.15, -0.1) is 0 Å². The molecule has 0 aromatic carbocycles. The molecule has 198 valence electrons. The fraction of sp³-hybridized carbons (Fsp3) is 0.500. The van der Waals surface area contributed by atoms with Gasteiger partial charge in [-0.1, -0.05) is 40.5 Å². The maximum Gasteiger partial charge on any atom is 0.342 e. The van der Waals surface area contributed by atoms with Crippen LogP contribution in [0, 0.1) is 0 Å². The number of carbonyl (C=O) groups excluding carboxylic acids is 3. The van der Waals surface area contributed by atoms with E-state index in [0.29, 0.717) is 13.7 Å². The number of hydrogen-bond acceptors (Lipinski definition) is 9. The van der Waals surface area contributed by atoms with E-state index in [-0.39, 0.29) is 36.0 Å². The molecule has 0 saturated heterocycles. The number of esters is 3. The third kappa shape index (κ3) is 6.58. The van der Waals surface area contributed by atoms with Crippen molar-refractivity contribution < 1.29 is 28.6 Å². The topological polar surface area (TPSA) is 145 Å². The SMILES string of the molecule is C=C(C)C(=O)OC(CC)n1c(=O)n(C(CC)OC(=O)C(=C)C)c(=O)n(C(CC)OC(=O)C(=C)C)c1=O. The Kier molecular flexibility index (Phi) is 10.6. The van der Waals surface area contributed by atoms with Crippen LogP contribution >= 0.6 is 0 Å². The Morgan fingerprint density at radius 3 is 0.917 bits per heavy atom. The van der Waals surface area contributed by atoms with E-state index in [4.69, 9.17) is 14.2 Å². The van der Waals surface area contributed by atoms with Crippen molar-refractivity contribution in [3.05, 3.63) is 67.9 Å². The molecule has 1 rings (SSSR count). The standard InChI is InChI=1S/C24H33N3O9/c1-10-16(34-19(28)13(4)5)25-22(31)26(17(11-2)35-20(29)14(6)7)24(33)27(23(25)32)18(12-3)36-21(30)15(8)9/h16-18H,4,6,8,10-12H2,1-3,5,7,9H3. The molecule has 0 radical (unpaired) electrons. The van der Waals surface area contributed by atoms with Gasteiger partial charge in [0, 0.05) is 36.0 Å². The van der Waals surface area contributed by atoms with Crippen LogP contribution in [0.3, 0.4) is 0 Å². The summed E-state index contributed by atoms with van der Waals surface area (Å²) < 4.78 is 17.4. The predicted molar refractivity (Wildman–Crippen MR) is 130 cm³/mol. The van der Waals surface area contributed by atoms with Crippen molar-refractivity contribution in [2.75, 3.05) is 0 Å². The summed E-state index contributed by atoms with van der Waals surface area (Å²) in [6, 6.07) is 0. The summed E-state index contributed by atoms with van der Waals surface area (Å²) >= 11 is 0. The smallest absolute Gasteiger partial charge is 0.342 e. The van der Waals surface area contributed by atoms with Crippen molar-refractivity contribution in [1.82, 2.24) is 13.7 Å². The average Bonchev–Trinajstić information content (AvgIpc) is 2.80. The van der Waals surface area contributed by atoms with Gasteiger partial charge >= 0.3 is 35.0 Å². The molecule has 1 heterocycles. The molecular weight excluding hydrogens is 474 g/mol. The average molecular weight is 508 g/mol. The Bertz CT molecular complexity index is 1070. The van der Waals surface area contributed by atoms with Crippen molar-refractivity contribution in [3.63, 3.8) is 0 Å². The largest absolute Gasteiger partial charge is 0.438 e. The van der Waals surface area contributed by atoms with Crippen LogP contribution in [0.1, 0.15) is 79.5 Å². The molecule has 12 nitrogen and oxygen atoms in total. The lowest BCUT2D eigenvalue weighted by Crippen LogP contribution is -2.58. The first-order valence-corrected chi connectivity index (χ1v) is 11.3. The van der Waals surface area contributed by atoms with Crippen molar-refractivity contribution in [1.29, 1.82) is 0 Å². The first-order valence-electron chi connectivity index (χ1n) is 11.3. The molecule has 0 bridgehead atoms. The molecule has 0 aliphatic rings. The zero-order valence-corrected chi connectivity index (χ0v) is 21.5. The number of aromatic nitrogens is 3. The van der Waals surface area contributed by atoms with Crippen LogP contribution < -0.4 is 17.1 Å². The van der Waals surface area contributed by atoms with Crippen molar-refractivity contribution in [3.8, 4) is 0 Å². The molecule has 1 aromatic heterocycles. The second kappa shape index (κ2) is 12.7. The highest BCUT2D eigenvalue weighted by Crippen LogP contribution is 2.16. The van der Waals surface area contributed by atoms with Gasteiger partial charge in [0.2, 0.25) is 0 Å². The third-order valence-electron chi connectivity index (χ3n) is 4.92. The molecule has 0 spiro atoms. The molecule has 1 aromatic rings. The van der Waals surface area contributed by atoms with E-state index >= 15 is 0 Å². The Hall–Kier alpha value is -3.96. The molecule has 12 heteroatoms. The van der Waals surface area contributed by atoms with E-state index in [1.165, 1.54) is 20.8 Å². The second-order valence-corrected chi connectivity index (χ2v) is 8.10. The van der Waals surface area contributed by atoms with E-state index in [0.717, 1.165) is 0 Å². The highest BCUT2D eigenvalue weighted by Gasteiger charge is 2.31. The summed E-state index contributed by atoms with van der Waals surface area (Å²) in [5, 5.41) is 0. The minimum Gasteiger partial charge on any atom is -0.438 e. The van der Waals surface area contributed by atoms with Gasteiger partial charge in [-0.05, 0) is 20.8 Å². The van der Waals surface area contributed by atoms with Gasteiger partial charge in [0.05, 0.1) is 0 Å². The second-order valence-electron chi connectivity index (χ2n) is 8.10. The number of ether oxygens (including phenoxy) is 3. The molecule has 0 saturated carbocycles. The van der Waals surface area contributed by atoms with Crippen LogP contribution in [0.2, 0.25) is 0 Å². The molecule has 0 aliphatic carbocycles. The Labute approximate surface area is 208 Å². The Balaban J connectivity index is 4.06. The van der Waals surface area contributed by atoms with Gasteiger partial charge in [-0.2, -0.15) is 0 Å². The third-order valence-corrected chi connectivity index (χ3v) is 4.92. The van der Waals surface area contributed by atoms with Crippen LogP contribution in [0.25, 0.3) is 0 Å². The molecular formula is C24H33N3O9. The molecule has 36 heavy (non-hydrogen) atoms. The van der Waals surface area contributed by atoms with Gasteiger partial charge < -0.3 is 14.2 Å². The molecule has 0 N–H and O–H groups in total. The maximum atomic E-state index is 13.5. The maximum absolute atomic E-state index is 13.5. The predicted octanol–water partition coefficient (Wildman–Crippen LogP) is 2.26. The fourth-order valence-electron chi connectivity index (χ4n) is 2.96. The summed E-state index contributed by atoms with van der Waals surface area (Å²) in [5.74, 6) is -2.63. The lowest BCUT2D eigenvalue weighted by Gasteiger charge is -2.26. The summed E-state index contributed by atoms with van der Waals surface area (Å²) in [4.78, 5) is 77.0. The minimum atomic E-state index is -1.45. The summed E-state index contributed by atoms with van der Waals surface area (Å²) in [6.07, 6.45) is -4.48. The van der Waals surface area contributed by atoms with Gasteiger partial charge in [0.25, 0.3) is 0 Å². The molecule has 0 aliphatic heterocycles. The molecule has 3 unspecified atom stereocenters. The van der Waals surface area contributed by atoms with Gasteiger partial charge in [0.15, 0.2) is 18.7 Å². The lowest BCUT2D eigenvalue weighted by atomic mass is 10.3. The van der Waals surface area contributed by atoms with E-state index in [1.807, 2.05) is 0 Å². The van der Waals surface area contributed by atoms with Gasteiger partial charge in [-0.3, -0.25) is 0 Å². The number of carbonyl (C=O) groups is 3. The normalized spacial score (nSPS) is 13.2. The highest BCUT2D eigenvalue weighted by atomic mass is 16.6. The monoisotopic (exact) mass is 507 g/mol. The van der Waals surface area contributed by atoms with E-state index < -0.39 is 53.7 Å². The number of nitrogens with zero attached hydrogens (tertiary/aromatic N) is 3. The molecule has 3 atom stereocenters. The van der Waals surface area contributed by atoms with Crippen LogP contribution in [0.5, 0.6) is 0 Å². The Morgan fingerprint density at radius 2 is 0.778 bits per heavy atom. The Morgan fingerprint density at radius 1 is 0.583 bits per heavy atom. The van der Waals surface area contributed by atoms with Crippen LogP contribution in [0.4, 0.5) is 0 Å². The lowest BCUT2D eigenvalue weighted by molar-refractivity contribution is -0.151. The zero-order valence-electron chi connectivity index (χ0n) is 21.5. The van der Waals surface area contributed by atoms with Crippen LogP contribution in [0.15, 0.2) is 50.8 Å². The minimum absolute atomic E-state index is 0.0128. The van der Waals surface area contributed by atoms with E-state index in [2.05, 4.69) is 19.7 Å². The van der Waals surface area contributed by atoms with E-state index in [9.17, 15) is 28.8 Å². The summed E-state index contributed by atoms with van der Waals surface area (Å²) in [6.45, 7) is 19.2. The van der Waals surface area contributed by atoms with Crippen LogP contribution in [-0.2, 0) is 28.6 Å². The number of rotatable bonds is 12. The van der Waals surface area contributed by atoms with Crippen molar-refractivity contribution in [2.24, 2.45) is 0 Å². The fourth-order valence-corrected chi connectivity index (χ4v) is 2.96. The quantitative estimate of drug-likeness (QED) is 0.236. The number of hydrogen-bond donors (Lipinski definition) is 0. The molecule has 0 amide bonds. The zero-order chi connectivity index (χ0) is 27.9. The van der Waals surface area contributed by atoms with Gasteiger partial charge in [0.1, 0.15) is 0 Å². The van der Waals surface area contributed by atoms with Crippen LogP contribution in [-0.4, -0.2) is 31.6 Å². The summed E-state index contributed by atoms with van der Waals surface area (Å²) in [7, 11) is 0.